The van der Waals surface area contributed by atoms with Gasteiger partial charge in [0.25, 0.3) is 0 Å². The molecule has 0 fully saturated rings. The highest BCUT2D eigenvalue weighted by atomic mass is 32.2. The smallest absolute Gasteiger partial charge is 0.250 e. The summed E-state index contributed by atoms with van der Waals surface area (Å²) < 4.78 is 0. The minimum absolute atomic E-state index is 0.0937. The Hall–Kier alpha value is -2.50. The van der Waals surface area contributed by atoms with E-state index >= 15 is 0 Å². The highest BCUT2D eigenvalue weighted by Gasteiger charge is 2.28. The highest BCUT2D eigenvalue weighted by molar-refractivity contribution is 8.00. The molecular weight excluding hydrogens is 384 g/mol. The Kier molecular flexibility index (Phi) is 5.84. The van der Waals surface area contributed by atoms with Gasteiger partial charge >= 0.3 is 0 Å². The van der Waals surface area contributed by atoms with Crippen LogP contribution in [0.15, 0.2) is 82.8 Å². The number of nitrogens with zero attached hydrogens (tertiary/aromatic N) is 1. The van der Waals surface area contributed by atoms with Crippen LogP contribution in [0.1, 0.15) is 21.9 Å². The number of nitrogens with one attached hydrogen (secondary N) is 1. The fourth-order valence-electron chi connectivity index (χ4n) is 3.35. The summed E-state index contributed by atoms with van der Waals surface area (Å²) in [5.74, 6) is 0.264. The molecule has 1 aliphatic carbocycles. The Labute approximate surface area is 173 Å². The van der Waals surface area contributed by atoms with E-state index in [1.54, 1.807) is 29.7 Å². The van der Waals surface area contributed by atoms with Gasteiger partial charge in [0.15, 0.2) is 0 Å². The number of benzene rings is 3. The molecule has 0 radical (unpaired) electrons. The molecule has 0 saturated carbocycles. The van der Waals surface area contributed by atoms with Crippen molar-refractivity contribution in [2.45, 2.75) is 10.1 Å². The van der Waals surface area contributed by atoms with Gasteiger partial charge in [0.2, 0.25) is 5.91 Å². The molecule has 0 spiro atoms. The van der Waals surface area contributed by atoms with E-state index in [2.05, 4.69) is 59.1 Å². The minimum Gasteiger partial charge on any atom is -0.272 e. The summed E-state index contributed by atoms with van der Waals surface area (Å²) in [4.78, 5) is 13.5. The first kappa shape index (κ1) is 18.8. The van der Waals surface area contributed by atoms with Crippen molar-refractivity contribution in [2.75, 3.05) is 12.0 Å². The first-order valence-electron chi connectivity index (χ1n) is 9.02. The molecule has 5 heteroatoms. The fourth-order valence-corrected chi connectivity index (χ4v) is 4.91. The summed E-state index contributed by atoms with van der Waals surface area (Å²) in [6.07, 6.45) is 3.72. The maximum atomic E-state index is 12.3. The number of hydrogen-bond acceptors (Lipinski definition) is 4. The predicted octanol–water partition coefficient (Wildman–Crippen LogP) is 5.36. The molecule has 1 aliphatic rings. The van der Waals surface area contributed by atoms with Crippen LogP contribution in [-0.2, 0) is 4.79 Å². The molecule has 0 aliphatic heterocycles. The maximum Gasteiger partial charge on any atom is 0.250 e. The van der Waals surface area contributed by atoms with E-state index in [0.717, 1.165) is 5.56 Å². The number of amides is 1. The minimum atomic E-state index is -0.0937. The van der Waals surface area contributed by atoms with E-state index in [0.29, 0.717) is 5.75 Å². The van der Waals surface area contributed by atoms with Gasteiger partial charge in [-0.25, -0.2) is 5.43 Å². The van der Waals surface area contributed by atoms with Gasteiger partial charge < -0.3 is 0 Å². The van der Waals surface area contributed by atoms with E-state index in [1.165, 1.54) is 27.1 Å². The first-order valence-corrected chi connectivity index (χ1v) is 11.3. The van der Waals surface area contributed by atoms with Crippen molar-refractivity contribution in [2.24, 2.45) is 5.10 Å². The third kappa shape index (κ3) is 4.01. The van der Waals surface area contributed by atoms with Crippen molar-refractivity contribution in [3.63, 3.8) is 0 Å². The molecule has 3 aromatic rings. The van der Waals surface area contributed by atoms with E-state index < -0.39 is 0 Å². The molecular formula is C23H20N2OS2. The van der Waals surface area contributed by atoms with Gasteiger partial charge in [0, 0.05) is 4.90 Å². The molecule has 1 N–H and O–H groups in total. The van der Waals surface area contributed by atoms with Crippen molar-refractivity contribution in [1.82, 2.24) is 5.43 Å². The van der Waals surface area contributed by atoms with Crippen LogP contribution in [0.25, 0.3) is 11.1 Å². The van der Waals surface area contributed by atoms with Gasteiger partial charge in [-0.1, -0.05) is 60.7 Å². The van der Waals surface area contributed by atoms with Gasteiger partial charge in [0.1, 0.15) is 0 Å². The van der Waals surface area contributed by atoms with Crippen LogP contribution >= 0.6 is 23.5 Å². The Morgan fingerprint density at radius 3 is 2.18 bits per heavy atom. The summed E-state index contributed by atoms with van der Waals surface area (Å²) in [5.41, 5.74) is 8.68. The van der Waals surface area contributed by atoms with Gasteiger partial charge in [-0.2, -0.15) is 5.10 Å². The van der Waals surface area contributed by atoms with Crippen LogP contribution in [-0.4, -0.2) is 24.1 Å². The lowest BCUT2D eigenvalue weighted by Crippen LogP contribution is -2.20. The van der Waals surface area contributed by atoms with Crippen LogP contribution < -0.4 is 5.43 Å². The zero-order valence-electron chi connectivity index (χ0n) is 15.5. The SMILES string of the molecule is CSc1ccc(/C=N/NC(=O)CSC2c3ccccc3-c3ccccc32)cc1. The van der Waals surface area contributed by atoms with Crippen molar-refractivity contribution >= 4 is 35.6 Å². The van der Waals surface area contributed by atoms with Crippen molar-refractivity contribution in [1.29, 1.82) is 0 Å². The third-order valence-corrected chi connectivity index (χ3v) is 6.69. The monoisotopic (exact) mass is 404 g/mol. The van der Waals surface area contributed by atoms with Crippen LogP contribution in [0.3, 0.4) is 0 Å². The van der Waals surface area contributed by atoms with Gasteiger partial charge in [-0.3, -0.25) is 4.79 Å². The van der Waals surface area contributed by atoms with E-state index in [-0.39, 0.29) is 11.2 Å². The van der Waals surface area contributed by atoms with Crippen molar-refractivity contribution < 1.29 is 4.79 Å². The normalized spacial score (nSPS) is 12.8. The quantitative estimate of drug-likeness (QED) is 0.341. The van der Waals surface area contributed by atoms with E-state index in [4.69, 9.17) is 0 Å². The maximum absolute atomic E-state index is 12.3. The summed E-state index contributed by atoms with van der Waals surface area (Å²) >= 11 is 3.34. The molecule has 3 nitrogen and oxygen atoms in total. The molecule has 0 saturated heterocycles. The molecule has 0 aromatic heterocycles. The Morgan fingerprint density at radius 2 is 1.57 bits per heavy atom. The van der Waals surface area contributed by atoms with Gasteiger partial charge in [0.05, 0.1) is 17.2 Å². The fraction of sp³-hybridized carbons (Fsp3) is 0.130. The second kappa shape index (κ2) is 8.67. The first-order chi connectivity index (χ1) is 13.8. The Bertz CT molecular complexity index is 970. The molecule has 140 valence electrons. The zero-order chi connectivity index (χ0) is 19.3. The molecule has 0 atom stereocenters. The van der Waals surface area contributed by atoms with Crippen LogP contribution in [0, 0.1) is 0 Å². The standard InChI is InChI=1S/C23H20N2OS2/c1-27-17-12-10-16(11-13-17)14-24-25-22(26)15-28-23-20-8-4-2-6-18(20)19-7-3-5-9-21(19)23/h2-14,23H,15H2,1H3,(H,25,26)/b24-14+. The zero-order valence-corrected chi connectivity index (χ0v) is 17.1. The molecule has 0 heterocycles. The van der Waals surface area contributed by atoms with E-state index in [1.807, 2.05) is 30.5 Å². The Balaban J connectivity index is 1.38. The van der Waals surface area contributed by atoms with Gasteiger partial charge in [-0.15, -0.1) is 23.5 Å². The number of carbonyl (C=O) groups excluding carboxylic acids is 1. The highest BCUT2D eigenvalue weighted by Crippen LogP contribution is 2.49. The molecule has 28 heavy (non-hydrogen) atoms. The summed E-state index contributed by atoms with van der Waals surface area (Å²) in [7, 11) is 0. The predicted molar refractivity (Wildman–Crippen MR) is 120 cm³/mol. The number of hydrazone groups is 1. The number of thioether (sulfide) groups is 2. The summed E-state index contributed by atoms with van der Waals surface area (Å²) in [6.45, 7) is 0. The van der Waals surface area contributed by atoms with Crippen LogP contribution in [0.4, 0.5) is 0 Å². The Morgan fingerprint density at radius 1 is 0.964 bits per heavy atom. The lowest BCUT2D eigenvalue weighted by atomic mass is 10.1. The third-order valence-electron chi connectivity index (χ3n) is 4.68. The van der Waals surface area contributed by atoms with Crippen LogP contribution in [0.5, 0.6) is 0 Å². The van der Waals surface area contributed by atoms with E-state index in [9.17, 15) is 4.79 Å². The lowest BCUT2D eigenvalue weighted by Gasteiger charge is -2.12. The molecule has 0 unspecified atom stereocenters. The molecule has 0 bridgehead atoms. The molecule has 1 amide bonds. The number of fused-ring (bicyclic) bond motifs is 3. The topological polar surface area (TPSA) is 41.5 Å². The largest absolute Gasteiger partial charge is 0.272 e. The average molecular weight is 405 g/mol. The van der Waals surface area contributed by atoms with Crippen molar-refractivity contribution in [3.05, 3.63) is 89.5 Å². The molecule has 4 rings (SSSR count). The van der Waals surface area contributed by atoms with Gasteiger partial charge in [-0.05, 0) is 46.2 Å². The number of carbonyl (C=O) groups is 1. The second-order valence-corrected chi connectivity index (χ2v) is 8.40. The average Bonchev–Trinajstić information content (AvgIpc) is 3.07. The summed E-state index contributed by atoms with van der Waals surface area (Å²) in [5, 5.41) is 4.27. The number of hydrogen-bond donors (Lipinski definition) is 1. The second-order valence-electron chi connectivity index (χ2n) is 6.43. The van der Waals surface area contributed by atoms with Crippen LogP contribution in [0.2, 0.25) is 0 Å². The summed E-state index contributed by atoms with van der Waals surface area (Å²) in [6, 6.07) is 24.9. The molecule has 3 aromatic carbocycles. The van der Waals surface area contributed by atoms with Crippen molar-refractivity contribution in [3.8, 4) is 11.1 Å². The number of rotatable bonds is 6. The lowest BCUT2D eigenvalue weighted by molar-refractivity contribution is -0.118.